The van der Waals surface area contributed by atoms with Crippen molar-refractivity contribution < 1.29 is 9.59 Å². The smallest absolute Gasteiger partial charge is 0.220 e. The van der Waals surface area contributed by atoms with Crippen molar-refractivity contribution in [2.24, 2.45) is 11.8 Å². The average Bonchev–Trinajstić information content (AvgIpc) is 2.27. The number of hydrogen-bond acceptors (Lipinski definition) is 2. The second-order valence-corrected chi connectivity index (χ2v) is 5.18. The molecule has 0 bridgehead atoms. The van der Waals surface area contributed by atoms with Crippen molar-refractivity contribution in [3.05, 3.63) is 0 Å². The molecule has 1 aliphatic rings. The van der Waals surface area contributed by atoms with Gasteiger partial charge in [-0.05, 0) is 24.7 Å². The summed E-state index contributed by atoms with van der Waals surface area (Å²) in [6.45, 7) is 3.89. The van der Waals surface area contributed by atoms with Crippen molar-refractivity contribution in [2.75, 3.05) is 0 Å². The third-order valence-electron chi connectivity index (χ3n) is 3.39. The van der Waals surface area contributed by atoms with Crippen LogP contribution in [0.15, 0.2) is 0 Å². The molecule has 3 heteroatoms. The van der Waals surface area contributed by atoms with E-state index in [4.69, 9.17) is 0 Å². The molecule has 92 valence electrons. The molecule has 1 rings (SSSR count). The zero-order valence-corrected chi connectivity index (χ0v) is 10.4. The third-order valence-corrected chi connectivity index (χ3v) is 3.39. The largest absolute Gasteiger partial charge is 0.346 e. The summed E-state index contributed by atoms with van der Waals surface area (Å²) >= 11 is 0. The van der Waals surface area contributed by atoms with Gasteiger partial charge in [-0.3, -0.25) is 4.79 Å². The fourth-order valence-electron chi connectivity index (χ4n) is 2.26. The first-order valence-electron chi connectivity index (χ1n) is 6.38. The monoisotopic (exact) mass is 225 g/mol. The molecule has 0 spiro atoms. The molecule has 1 saturated carbocycles. The van der Waals surface area contributed by atoms with E-state index < -0.39 is 0 Å². The molecule has 1 fully saturated rings. The number of aldehydes is 1. The fourth-order valence-corrected chi connectivity index (χ4v) is 2.26. The van der Waals surface area contributed by atoms with Crippen molar-refractivity contribution in [2.45, 2.75) is 58.4 Å². The van der Waals surface area contributed by atoms with E-state index in [0.717, 1.165) is 6.29 Å². The highest BCUT2D eigenvalue weighted by Gasteiger charge is 2.20. The molecule has 0 aromatic heterocycles. The zero-order valence-electron chi connectivity index (χ0n) is 10.4. The fraction of sp³-hybridized carbons (Fsp3) is 0.846. The summed E-state index contributed by atoms with van der Waals surface area (Å²) in [6, 6.07) is -0.323. The summed E-state index contributed by atoms with van der Waals surface area (Å²) in [6.07, 6.45) is 7.57. The summed E-state index contributed by atoms with van der Waals surface area (Å²) < 4.78 is 0. The van der Waals surface area contributed by atoms with E-state index in [1.165, 1.54) is 32.1 Å². The van der Waals surface area contributed by atoms with Crippen molar-refractivity contribution in [1.82, 2.24) is 5.32 Å². The Balaban J connectivity index is 2.31. The topological polar surface area (TPSA) is 46.2 Å². The van der Waals surface area contributed by atoms with Crippen LogP contribution in [0.5, 0.6) is 0 Å². The van der Waals surface area contributed by atoms with E-state index in [1.54, 1.807) is 0 Å². The van der Waals surface area contributed by atoms with Crippen molar-refractivity contribution in [1.29, 1.82) is 0 Å². The molecule has 16 heavy (non-hydrogen) atoms. The molecule has 0 saturated heterocycles. The van der Waals surface area contributed by atoms with Crippen LogP contribution in [-0.2, 0) is 9.59 Å². The van der Waals surface area contributed by atoms with Crippen LogP contribution in [0.25, 0.3) is 0 Å². The zero-order chi connectivity index (χ0) is 12.0. The molecule has 1 amide bonds. The molecular formula is C13H23NO2. The Hall–Kier alpha value is -0.860. The number of amides is 1. The van der Waals surface area contributed by atoms with Crippen molar-refractivity contribution in [3.63, 3.8) is 0 Å². The summed E-state index contributed by atoms with van der Waals surface area (Å²) in [7, 11) is 0. The first-order valence-corrected chi connectivity index (χ1v) is 6.38. The van der Waals surface area contributed by atoms with E-state index in [-0.39, 0.29) is 17.9 Å². The molecule has 1 N–H and O–H groups in total. The first-order chi connectivity index (χ1) is 7.63. The lowest BCUT2D eigenvalue weighted by molar-refractivity contribution is -0.125. The van der Waals surface area contributed by atoms with Crippen LogP contribution in [0.3, 0.4) is 0 Å². The molecule has 0 aromatic carbocycles. The van der Waals surface area contributed by atoms with Crippen LogP contribution in [-0.4, -0.2) is 18.2 Å². The highest BCUT2D eigenvalue weighted by molar-refractivity contribution is 5.79. The van der Waals surface area contributed by atoms with E-state index in [0.29, 0.717) is 12.3 Å². The standard InChI is InChI=1S/C13H23NO2/c1-10(2)12(9-15)14-13(16)8-11-6-4-3-5-7-11/h9-12H,3-8H2,1-2H3,(H,14,16)/t12-/m1/s1. The lowest BCUT2D eigenvalue weighted by Crippen LogP contribution is -2.40. The lowest BCUT2D eigenvalue weighted by Gasteiger charge is -2.22. The number of hydrogen-bond donors (Lipinski definition) is 1. The van der Waals surface area contributed by atoms with Gasteiger partial charge in [0.15, 0.2) is 0 Å². The summed E-state index contributed by atoms with van der Waals surface area (Å²) in [4.78, 5) is 22.5. The van der Waals surface area contributed by atoms with Gasteiger partial charge in [-0.2, -0.15) is 0 Å². The predicted octanol–water partition coefficient (Wildman–Crippen LogP) is 2.30. The van der Waals surface area contributed by atoms with E-state index >= 15 is 0 Å². The Labute approximate surface area is 98.0 Å². The van der Waals surface area contributed by atoms with Gasteiger partial charge in [0.1, 0.15) is 6.29 Å². The number of nitrogens with one attached hydrogen (secondary N) is 1. The maximum atomic E-state index is 11.7. The van der Waals surface area contributed by atoms with E-state index in [2.05, 4.69) is 5.32 Å². The molecule has 0 aliphatic heterocycles. The molecule has 1 atom stereocenters. The van der Waals surface area contributed by atoms with Gasteiger partial charge in [-0.15, -0.1) is 0 Å². The highest BCUT2D eigenvalue weighted by Crippen LogP contribution is 2.26. The Morgan fingerprint density at radius 3 is 2.44 bits per heavy atom. The minimum absolute atomic E-state index is 0.0395. The van der Waals surface area contributed by atoms with Crippen LogP contribution >= 0.6 is 0 Å². The minimum Gasteiger partial charge on any atom is -0.346 e. The third kappa shape index (κ3) is 4.33. The summed E-state index contributed by atoms with van der Waals surface area (Å²) in [5.74, 6) is 0.749. The van der Waals surface area contributed by atoms with Crippen molar-refractivity contribution >= 4 is 12.2 Å². The van der Waals surface area contributed by atoms with Gasteiger partial charge in [-0.25, -0.2) is 0 Å². The number of rotatable bonds is 5. The second kappa shape index (κ2) is 6.66. The van der Waals surface area contributed by atoms with Crippen LogP contribution < -0.4 is 5.32 Å². The van der Waals surface area contributed by atoms with Gasteiger partial charge in [0, 0.05) is 6.42 Å². The van der Waals surface area contributed by atoms with Gasteiger partial charge < -0.3 is 10.1 Å². The highest BCUT2D eigenvalue weighted by atomic mass is 16.2. The van der Waals surface area contributed by atoms with E-state index in [1.807, 2.05) is 13.8 Å². The normalized spacial score (nSPS) is 19.4. The maximum absolute atomic E-state index is 11.7. The predicted molar refractivity (Wildman–Crippen MR) is 64.0 cm³/mol. The molecule has 3 nitrogen and oxygen atoms in total. The van der Waals surface area contributed by atoms with Gasteiger partial charge >= 0.3 is 0 Å². The molecule has 0 heterocycles. The number of carbonyl (C=O) groups is 2. The molecule has 1 aliphatic carbocycles. The first kappa shape index (κ1) is 13.2. The quantitative estimate of drug-likeness (QED) is 0.730. The Morgan fingerprint density at radius 2 is 1.94 bits per heavy atom. The van der Waals surface area contributed by atoms with Crippen molar-refractivity contribution in [3.8, 4) is 0 Å². The van der Waals surface area contributed by atoms with Gasteiger partial charge in [0.05, 0.1) is 6.04 Å². The van der Waals surface area contributed by atoms with Crippen LogP contribution in [0.1, 0.15) is 52.4 Å². The minimum atomic E-state index is -0.323. The van der Waals surface area contributed by atoms with Gasteiger partial charge in [0.25, 0.3) is 0 Å². The Bertz CT molecular complexity index is 232. The van der Waals surface area contributed by atoms with Crippen LogP contribution in [0.2, 0.25) is 0 Å². The Morgan fingerprint density at radius 1 is 1.31 bits per heavy atom. The maximum Gasteiger partial charge on any atom is 0.220 e. The number of carbonyl (C=O) groups excluding carboxylic acids is 2. The molecule has 0 aromatic rings. The molecule has 0 unspecified atom stereocenters. The van der Waals surface area contributed by atoms with Crippen LogP contribution in [0.4, 0.5) is 0 Å². The van der Waals surface area contributed by atoms with Gasteiger partial charge in [-0.1, -0.05) is 33.1 Å². The Kier molecular flexibility index (Phi) is 5.50. The molecular weight excluding hydrogens is 202 g/mol. The van der Waals surface area contributed by atoms with Crippen LogP contribution in [0, 0.1) is 11.8 Å². The average molecular weight is 225 g/mol. The lowest BCUT2D eigenvalue weighted by atomic mass is 9.86. The second-order valence-electron chi connectivity index (χ2n) is 5.18. The SMILES string of the molecule is CC(C)[C@@H](C=O)NC(=O)CC1CCCCC1. The van der Waals surface area contributed by atoms with E-state index in [9.17, 15) is 9.59 Å². The molecule has 0 radical (unpaired) electrons. The summed E-state index contributed by atoms with van der Waals surface area (Å²) in [5, 5.41) is 2.81. The van der Waals surface area contributed by atoms with Gasteiger partial charge in [0.2, 0.25) is 5.91 Å². The summed E-state index contributed by atoms with van der Waals surface area (Å²) in [5.41, 5.74) is 0.